The summed E-state index contributed by atoms with van der Waals surface area (Å²) in [6.07, 6.45) is -3.68. The Balaban J connectivity index is 0.000000282. The third-order valence-corrected chi connectivity index (χ3v) is 5.50. The molecule has 0 spiro atoms. The van der Waals surface area contributed by atoms with E-state index in [1.807, 2.05) is 13.8 Å². The van der Waals surface area contributed by atoms with Gasteiger partial charge in [-0.15, -0.1) is 0 Å². The van der Waals surface area contributed by atoms with E-state index >= 15 is 0 Å². The molecule has 0 fully saturated rings. The number of ether oxygens (including phenoxy) is 2. The molecule has 0 aliphatic rings. The van der Waals surface area contributed by atoms with E-state index in [4.69, 9.17) is 21.1 Å². The number of benzene rings is 4. The summed E-state index contributed by atoms with van der Waals surface area (Å²) < 4.78 is 87.1. The van der Waals surface area contributed by atoms with Gasteiger partial charge >= 0.3 is 6.18 Å². The second kappa shape index (κ2) is 16.2. The highest BCUT2D eigenvalue weighted by atomic mass is 35.5. The first-order chi connectivity index (χ1) is 20.0. The number of halogens is 7. The predicted octanol–water partition coefficient (Wildman–Crippen LogP) is 9.27. The summed E-state index contributed by atoms with van der Waals surface area (Å²) in [5.74, 6) is -1.56. The molecule has 0 radical (unpaired) electrons. The Hall–Kier alpha value is -4.31. The number of aldehydes is 2. The van der Waals surface area contributed by atoms with Crippen molar-refractivity contribution >= 4 is 24.2 Å². The van der Waals surface area contributed by atoms with E-state index in [-0.39, 0.29) is 42.2 Å². The van der Waals surface area contributed by atoms with Crippen molar-refractivity contribution in [2.24, 2.45) is 0 Å². The molecule has 0 heterocycles. The molecule has 0 bridgehead atoms. The molecule has 0 saturated heterocycles. The third kappa shape index (κ3) is 10.3. The van der Waals surface area contributed by atoms with Gasteiger partial charge in [-0.25, -0.2) is 13.2 Å². The van der Waals surface area contributed by atoms with Gasteiger partial charge in [0.15, 0.2) is 12.6 Å². The molecule has 222 valence electrons. The summed E-state index contributed by atoms with van der Waals surface area (Å²) >= 11 is 5.77. The SMILES string of the molecule is CC.O=Cc1cc(C(F)(F)F)ccc1OCc1ccc(F)cc1F.O=Cc1cc(Cl)ccc1OCc1ccc(F)cc1. The summed E-state index contributed by atoms with van der Waals surface area (Å²) in [4.78, 5) is 21.7. The lowest BCUT2D eigenvalue weighted by Gasteiger charge is -2.12. The highest BCUT2D eigenvalue weighted by Gasteiger charge is 2.31. The minimum Gasteiger partial charge on any atom is -0.488 e. The minimum atomic E-state index is -4.58. The number of alkyl halides is 3. The Morgan fingerprint density at radius 1 is 0.690 bits per heavy atom. The normalized spacial score (nSPS) is 10.4. The molecule has 4 nitrogen and oxygen atoms in total. The zero-order valence-corrected chi connectivity index (χ0v) is 23.1. The fraction of sp³-hybridized carbons (Fsp3) is 0.161. The Morgan fingerprint density at radius 2 is 1.24 bits per heavy atom. The van der Waals surface area contributed by atoms with Crippen molar-refractivity contribution in [1.82, 2.24) is 0 Å². The standard InChI is InChI=1S/C15H9F5O2.C14H10ClFO2.C2H6/c16-12-3-1-9(13(17)6-12)8-22-14-4-2-11(15(18,19)20)5-10(14)7-21;15-12-3-6-14(11(7-12)8-17)18-9-10-1-4-13(16)5-2-10;1-2/h1-7H,8H2;1-8H,9H2;1-2H3. The third-order valence-electron chi connectivity index (χ3n) is 5.27. The van der Waals surface area contributed by atoms with Gasteiger partial charge in [0.2, 0.25) is 0 Å². The topological polar surface area (TPSA) is 52.6 Å². The lowest BCUT2D eigenvalue weighted by atomic mass is 10.1. The molecular weight excluding hydrogens is 586 g/mol. The van der Waals surface area contributed by atoms with E-state index in [2.05, 4.69) is 0 Å². The zero-order valence-electron chi connectivity index (χ0n) is 22.4. The van der Waals surface area contributed by atoms with Crippen LogP contribution in [0.5, 0.6) is 11.5 Å². The van der Waals surface area contributed by atoms with Gasteiger partial charge in [0.1, 0.15) is 42.2 Å². The Kier molecular flexibility index (Phi) is 13.1. The molecule has 0 N–H and O–H groups in total. The number of hydrogen-bond donors (Lipinski definition) is 0. The molecule has 0 amide bonds. The van der Waals surface area contributed by atoms with Crippen LogP contribution < -0.4 is 9.47 Å². The van der Waals surface area contributed by atoms with Crippen molar-refractivity contribution in [3.63, 3.8) is 0 Å². The van der Waals surface area contributed by atoms with E-state index in [1.165, 1.54) is 18.2 Å². The average molecular weight is 611 g/mol. The molecule has 0 atom stereocenters. The summed E-state index contributed by atoms with van der Waals surface area (Å²) in [6, 6.07) is 16.0. The van der Waals surface area contributed by atoms with Crippen LogP contribution in [0.2, 0.25) is 5.02 Å². The van der Waals surface area contributed by atoms with Crippen LogP contribution in [0, 0.1) is 17.5 Å². The summed E-state index contributed by atoms with van der Waals surface area (Å²) in [5.41, 5.74) is -0.0711. The number of hydrogen-bond acceptors (Lipinski definition) is 4. The van der Waals surface area contributed by atoms with Crippen molar-refractivity contribution < 1.29 is 45.4 Å². The monoisotopic (exact) mass is 610 g/mol. The molecule has 4 aromatic rings. The largest absolute Gasteiger partial charge is 0.488 e. The lowest BCUT2D eigenvalue weighted by Crippen LogP contribution is -2.07. The molecule has 42 heavy (non-hydrogen) atoms. The first-order valence-electron chi connectivity index (χ1n) is 12.3. The zero-order chi connectivity index (χ0) is 31.3. The van der Waals surface area contributed by atoms with Gasteiger partial charge in [0.05, 0.1) is 16.7 Å². The molecule has 4 aromatic carbocycles. The molecule has 0 unspecified atom stereocenters. The highest BCUT2D eigenvalue weighted by molar-refractivity contribution is 6.30. The van der Waals surface area contributed by atoms with Crippen LogP contribution in [0.15, 0.2) is 78.9 Å². The summed E-state index contributed by atoms with van der Waals surface area (Å²) in [5, 5.41) is 0.478. The van der Waals surface area contributed by atoms with Gasteiger partial charge < -0.3 is 9.47 Å². The van der Waals surface area contributed by atoms with Crippen LogP contribution in [0.3, 0.4) is 0 Å². The number of carbonyl (C=O) groups is 2. The van der Waals surface area contributed by atoms with Crippen molar-refractivity contribution in [2.45, 2.75) is 33.2 Å². The van der Waals surface area contributed by atoms with Gasteiger partial charge in [-0.2, -0.15) is 13.2 Å². The van der Waals surface area contributed by atoms with E-state index in [9.17, 15) is 35.9 Å². The fourth-order valence-corrected chi connectivity index (χ4v) is 3.41. The van der Waals surface area contributed by atoms with Gasteiger partial charge in [0.25, 0.3) is 0 Å². The molecule has 0 saturated carbocycles. The quantitative estimate of drug-likeness (QED) is 0.147. The Morgan fingerprint density at radius 3 is 1.81 bits per heavy atom. The highest BCUT2D eigenvalue weighted by Crippen LogP contribution is 2.32. The van der Waals surface area contributed by atoms with Gasteiger partial charge in [0, 0.05) is 16.7 Å². The number of carbonyl (C=O) groups excluding carboxylic acids is 2. The Bertz CT molecular complexity index is 1470. The number of rotatable bonds is 8. The van der Waals surface area contributed by atoms with Crippen LogP contribution in [0.1, 0.15) is 51.3 Å². The first-order valence-corrected chi connectivity index (χ1v) is 12.7. The van der Waals surface area contributed by atoms with Crippen molar-refractivity contribution in [3.05, 3.63) is 129 Å². The molecule has 0 aliphatic heterocycles. The lowest BCUT2D eigenvalue weighted by molar-refractivity contribution is -0.137. The average Bonchev–Trinajstić information content (AvgIpc) is 2.97. The van der Waals surface area contributed by atoms with Gasteiger partial charge in [-0.3, -0.25) is 9.59 Å². The first kappa shape index (κ1) is 33.9. The van der Waals surface area contributed by atoms with E-state index in [0.29, 0.717) is 34.8 Å². The maximum absolute atomic E-state index is 13.4. The second-order valence-electron chi connectivity index (χ2n) is 8.11. The van der Waals surface area contributed by atoms with Crippen LogP contribution in [0.4, 0.5) is 26.3 Å². The van der Waals surface area contributed by atoms with Crippen molar-refractivity contribution in [3.8, 4) is 11.5 Å². The van der Waals surface area contributed by atoms with Gasteiger partial charge in [-0.05, 0) is 66.2 Å². The molecule has 0 aromatic heterocycles. The van der Waals surface area contributed by atoms with E-state index < -0.39 is 23.4 Å². The summed E-state index contributed by atoms with van der Waals surface area (Å²) in [6.45, 7) is 3.92. The second-order valence-corrected chi connectivity index (χ2v) is 8.54. The maximum atomic E-state index is 13.4. The predicted molar refractivity (Wildman–Crippen MR) is 146 cm³/mol. The van der Waals surface area contributed by atoms with Crippen molar-refractivity contribution in [1.29, 1.82) is 0 Å². The van der Waals surface area contributed by atoms with E-state index in [0.717, 1.165) is 29.8 Å². The van der Waals surface area contributed by atoms with Crippen molar-refractivity contribution in [2.75, 3.05) is 0 Å². The van der Waals surface area contributed by atoms with Crippen LogP contribution in [-0.4, -0.2) is 12.6 Å². The molecule has 0 aliphatic carbocycles. The fourth-order valence-electron chi connectivity index (χ4n) is 3.23. The maximum Gasteiger partial charge on any atom is 0.416 e. The summed E-state index contributed by atoms with van der Waals surface area (Å²) in [7, 11) is 0. The molecule has 11 heteroatoms. The Labute approximate surface area is 243 Å². The van der Waals surface area contributed by atoms with Gasteiger partial charge in [-0.1, -0.05) is 37.6 Å². The molecule has 4 rings (SSSR count). The van der Waals surface area contributed by atoms with Crippen LogP contribution in [-0.2, 0) is 19.4 Å². The smallest absolute Gasteiger partial charge is 0.416 e. The van der Waals surface area contributed by atoms with Crippen LogP contribution in [0.25, 0.3) is 0 Å². The minimum absolute atomic E-state index is 0.0122. The molecular formula is C31H25ClF6O4. The van der Waals surface area contributed by atoms with E-state index in [1.54, 1.807) is 24.3 Å². The van der Waals surface area contributed by atoms with Crippen LogP contribution >= 0.6 is 11.6 Å².